The summed E-state index contributed by atoms with van der Waals surface area (Å²) in [6, 6.07) is 21.1. The molecular formula is C29H38O5Si. The number of allylic oxidation sites excluding steroid dienone is 2. The monoisotopic (exact) mass is 494 g/mol. The summed E-state index contributed by atoms with van der Waals surface area (Å²) in [5.74, 6) is -0.740. The standard InChI is InChI=1S/C29H38O5Si/c1-23(17-18-24(21-27(30)32-5)22-28(31)33-6)19-20-34-35(29(2,3)4,25-13-9-7-10-14-25)26-15-11-8-12-16-26/h7-18,21,23H,19-20,22H2,1-6H3/b18-17+,24-21-/t23-/m1/s1. The van der Waals surface area contributed by atoms with Crippen molar-refractivity contribution in [2.75, 3.05) is 20.8 Å². The predicted molar refractivity (Wildman–Crippen MR) is 143 cm³/mol. The molecule has 6 heteroatoms. The molecule has 0 bridgehead atoms. The maximum Gasteiger partial charge on any atom is 0.330 e. The average Bonchev–Trinajstić information content (AvgIpc) is 2.85. The third-order valence-corrected chi connectivity index (χ3v) is 11.1. The molecule has 0 unspecified atom stereocenters. The number of rotatable bonds is 11. The average molecular weight is 495 g/mol. The summed E-state index contributed by atoms with van der Waals surface area (Å²) in [5.41, 5.74) is 0.545. The largest absolute Gasteiger partial charge is 0.469 e. The van der Waals surface area contributed by atoms with E-state index in [9.17, 15) is 9.59 Å². The Hall–Kier alpha value is -2.96. The summed E-state index contributed by atoms with van der Waals surface area (Å²) in [4.78, 5) is 23.4. The van der Waals surface area contributed by atoms with Crippen molar-refractivity contribution in [2.24, 2.45) is 5.92 Å². The van der Waals surface area contributed by atoms with E-state index >= 15 is 0 Å². The fraction of sp³-hybridized carbons (Fsp3) is 0.379. The Morgan fingerprint density at radius 3 is 1.91 bits per heavy atom. The van der Waals surface area contributed by atoms with Crippen LogP contribution in [0.2, 0.25) is 5.04 Å². The minimum atomic E-state index is -2.57. The summed E-state index contributed by atoms with van der Waals surface area (Å²) >= 11 is 0. The first-order valence-corrected chi connectivity index (χ1v) is 13.8. The highest BCUT2D eigenvalue weighted by Gasteiger charge is 2.49. The first kappa shape index (κ1) is 28.3. The normalized spacial score (nSPS) is 13.5. The second-order valence-corrected chi connectivity index (χ2v) is 13.9. The molecule has 0 N–H and O–H groups in total. The molecule has 0 radical (unpaired) electrons. The van der Waals surface area contributed by atoms with Crippen molar-refractivity contribution in [2.45, 2.75) is 45.6 Å². The van der Waals surface area contributed by atoms with E-state index in [4.69, 9.17) is 13.9 Å². The highest BCUT2D eigenvalue weighted by atomic mass is 28.4. The molecular weight excluding hydrogens is 456 g/mol. The minimum Gasteiger partial charge on any atom is -0.469 e. The van der Waals surface area contributed by atoms with Crippen LogP contribution in [0.4, 0.5) is 0 Å². The number of carbonyl (C=O) groups is 2. The van der Waals surface area contributed by atoms with Crippen molar-refractivity contribution in [1.82, 2.24) is 0 Å². The maximum atomic E-state index is 11.7. The minimum absolute atomic E-state index is 0.00732. The number of carbonyl (C=O) groups excluding carboxylic acids is 2. The van der Waals surface area contributed by atoms with Gasteiger partial charge in [0.05, 0.1) is 20.6 Å². The van der Waals surface area contributed by atoms with Gasteiger partial charge in [-0.1, -0.05) is 101 Å². The molecule has 0 saturated heterocycles. The lowest BCUT2D eigenvalue weighted by Gasteiger charge is -2.43. The smallest absolute Gasteiger partial charge is 0.330 e. The second-order valence-electron chi connectivity index (χ2n) is 9.63. The van der Waals surface area contributed by atoms with Gasteiger partial charge in [0.2, 0.25) is 0 Å². The van der Waals surface area contributed by atoms with Gasteiger partial charge in [0, 0.05) is 12.7 Å². The molecule has 188 valence electrons. The fourth-order valence-electron chi connectivity index (χ4n) is 4.15. The zero-order valence-electron chi connectivity index (χ0n) is 21.7. The van der Waals surface area contributed by atoms with Crippen molar-refractivity contribution in [3.05, 3.63) is 84.5 Å². The molecule has 0 heterocycles. The van der Waals surface area contributed by atoms with Crippen molar-refractivity contribution < 1.29 is 23.5 Å². The van der Waals surface area contributed by atoms with E-state index in [0.717, 1.165) is 6.42 Å². The van der Waals surface area contributed by atoms with Crippen LogP contribution in [-0.2, 0) is 23.5 Å². The Balaban J connectivity index is 2.24. The molecule has 0 aliphatic carbocycles. The summed E-state index contributed by atoms with van der Waals surface area (Å²) < 4.78 is 16.4. The molecule has 2 aromatic rings. The van der Waals surface area contributed by atoms with Gasteiger partial charge >= 0.3 is 11.9 Å². The molecule has 5 nitrogen and oxygen atoms in total. The van der Waals surface area contributed by atoms with Crippen molar-refractivity contribution >= 4 is 30.6 Å². The number of hydrogen-bond acceptors (Lipinski definition) is 5. The maximum absolute atomic E-state index is 11.7. The molecule has 0 aliphatic heterocycles. The van der Waals surface area contributed by atoms with Crippen LogP contribution >= 0.6 is 0 Å². The van der Waals surface area contributed by atoms with Crippen molar-refractivity contribution in [1.29, 1.82) is 0 Å². The highest BCUT2D eigenvalue weighted by Crippen LogP contribution is 2.37. The van der Waals surface area contributed by atoms with Crippen LogP contribution in [0, 0.1) is 5.92 Å². The Bertz CT molecular complexity index is 967. The molecule has 1 atom stereocenters. The van der Waals surface area contributed by atoms with E-state index in [-0.39, 0.29) is 17.4 Å². The Labute approximate surface area is 210 Å². The van der Waals surface area contributed by atoms with Gasteiger partial charge in [0.1, 0.15) is 0 Å². The van der Waals surface area contributed by atoms with Crippen LogP contribution in [0.25, 0.3) is 0 Å². The van der Waals surface area contributed by atoms with Crippen LogP contribution in [0.1, 0.15) is 40.5 Å². The molecule has 0 spiro atoms. The highest BCUT2D eigenvalue weighted by molar-refractivity contribution is 6.99. The second kappa shape index (κ2) is 13.2. The third kappa shape index (κ3) is 7.77. The Morgan fingerprint density at radius 2 is 1.46 bits per heavy atom. The van der Waals surface area contributed by atoms with E-state index in [1.165, 1.54) is 30.7 Å². The zero-order valence-corrected chi connectivity index (χ0v) is 22.7. The lowest BCUT2D eigenvalue weighted by atomic mass is 10.0. The lowest BCUT2D eigenvalue weighted by molar-refractivity contribution is -0.139. The van der Waals surface area contributed by atoms with E-state index in [0.29, 0.717) is 12.2 Å². The topological polar surface area (TPSA) is 61.8 Å². The summed E-state index contributed by atoms with van der Waals surface area (Å²) in [7, 11) is 0.0624. The van der Waals surface area contributed by atoms with Gasteiger partial charge in [-0.3, -0.25) is 4.79 Å². The third-order valence-electron chi connectivity index (χ3n) is 6.03. The van der Waals surface area contributed by atoms with Crippen LogP contribution in [0.5, 0.6) is 0 Å². The number of benzene rings is 2. The van der Waals surface area contributed by atoms with Crippen LogP contribution in [0.15, 0.2) is 84.5 Å². The van der Waals surface area contributed by atoms with Crippen LogP contribution < -0.4 is 10.4 Å². The molecule has 0 saturated carbocycles. The first-order chi connectivity index (χ1) is 16.6. The lowest BCUT2D eigenvalue weighted by Crippen LogP contribution is -2.66. The van der Waals surface area contributed by atoms with Gasteiger partial charge in [0.25, 0.3) is 8.32 Å². The van der Waals surface area contributed by atoms with E-state index in [1.54, 1.807) is 6.08 Å². The number of hydrogen-bond donors (Lipinski definition) is 0. The molecule has 0 aliphatic rings. The predicted octanol–water partition coefficient (Wildman–Crippen LogP) is 4.81. The van der Waals surface area contributed by atoms with Gasteiger partial charge in [-0.05, 0) is 33.3 Å². The summed E-state index contributed by atoms with van der Waals surface area (Å²) in [6.45, 7) is 9.47. The van der Waals surface area contributed by atoms with Crippen LogP contribution in [0.3, 0.4) is 0 Å². The zero-order chi connectivity index (χ0) is 25.9. The van der Waals surface area contributed by atoms with Crippen molar-refractivity contribution in [3.8, 4) is 0 Å². The quantitative estimate of drug-likeness (QED) is 0.194. The van der Waals surface area contributed by atoms with Gasteiger partial charge < -0.3 is 13.9 Å². The molecule has 0 fully saturated rings. The molecule has 2 aromatic carbocycles. The van der Waals surface area contributed by atoms with E-state index in [2.05, 4.69) is 76.2 Å². The first-order valence-electron chi connectivity index (χ1n) is 11.9. The van der Waals surface area contributed by atoms with Gasteiger partial charge in [-0.2, -0.15) is 0 Å². The van der Waals surface area contributed by atoms with Gasteiger partial charge in [0.15, 0.2) is 0 Å². The Kier molecular flexibility index (Phi) is 10.7. The molecule has 0 aromatic heterocycles. The van der Waals surface area contributed by atoms with E-state index < -0.39 is 20.3 Å². The number of methoxy groups -OCH3 is 2. The van der Waals surface area contributed by atoms with Gasteiger partial charge in [-0.25, -0.2) is 4.79 Å². The summed E-state index contributed by atoms with van der Waals surface area (Å²) in [5, 5.41) is 2.43. The van der Waals surface area contributed by atoms with E-state index in [1.807, 2.05) is 18.2 Å². The van der Waals surface area contributed by atoms with Crippen molar-refractivity contribution in [3.63, 3.8) is 0 Å². The van der Waals surface area contributed by atoms with Gasteiger partial charge in [-0.15, -0.1) is 0 Å². The summed E-state index contributed by atoms with van der Waals surface area (Å²) in [6.07, 6.45) is 5.91. The molecule has 2 rings (SSSR count). The fourth-order valence-corrected chi connectivity index (χ4v) is 8.73. The van der Waals surface area contributed by atoms with Crippen LogP contribution in [-0.4, -0.2) is 41.1 Å². The number of ether oxygens (including phenoxy) is 2. The molecule has 35 heavy (non-hydrogen) atoms. The SMILES string of the molecule is COC(=O)/C=C(/C=C/[C@@H](C)CCO[Si](c1ccccc1)(c1ccccc1)C(C)(C)C)CC(=O)OC. The Morgan fingerprint density at radius 1 is 0.914 bits per heavy atom. The molecule has 0 amide bonds. The number of esters is 2.